The van der Waals surface area contributed by atoms with Crippen LogP contribution < -0.4 is 5.11 Å². The number of rotatable bonds is 15. The number of quaternary nitrogens is 1. The van der Waals surface area contributed by atoms with Gasteiger partial charge in [0.05, 0.1) is 19.1 Å². The number of unbranched alkanes of at least 4 members (excludes halogenated alkanes) is 5. The van der Waals surface area contributed by atoms with Gasteiger partial charge in [-0.05, 0) is 31.8 Å². The first-order valence-corrected chi connectivity index (χ1v) is 9.91. The van der Waals surface area contributed by atoms with Crippen molar-refractivity contribution in [2.45, 2.75) is 91.5 Å². The zero-order valence-corrected chi connectivity index (χ0v) is 16.4. The molecule has 0 fully saturated rings. The Labute approximate surface area is 149 Å². The van der Waals surface area contributed by atoms with E-state index in [-0.39, 0.29) is 0 Å². The van der Waals surface area contributed by atoms with Crippen LogP contribution in [-0.4, -0.2) is 41.2 Å². The molecule has 0 spiro atoms. The molecule has 4 heteroatoms. The first-order valence-electron chi connectivity index (χ1n) is 9.91. The van der Waals surface area contributed by atoms with Crippen LogP contribution in [0.3, 0.4) is 0 Å². The van der Waals surface area contributed by atoms with Crippen molar-refractivity contribution < 1.29 is 19.5 Å². The number of carboxylic acids is 1. The lowest BCUT2D eigenvalue weighted by molar-refractivity contribution is -0.942. The van der Waals surface area contributed by atoms with Crippen LogP contribution in [0.15, 0.2) is 11.8 Å². The van der Waals surface area contributed by atoms with Gasteiger partial charge in [0, 0.05) is 6.42 Å². The summed E-state index contributed by atoms with van der Waals surface area (Å²) in [7, 11) is 0. The summed E-state index contributed by atoms with van der Waals surface area (Å²) in [5.74, 6) is -0.638. The third-order valence-corrected chi connectivity index (χ3v) is 4.90. The molecule has 0 radical (unpaired) electrons. The van der Waals surface area contributed by atoms with Crippen LogP contribution >= 0.6 is 0 Å². The molecule has 0 aliphatic carbocycles. The second-order valence-corrected chi connectivity index (χ2v) is 6.97. The van der Waals surface area contributed by atoms with Crippen molar-refractivity contribution in [3.63, 3.8) is 0 Å². The second-order valence-electron chi connectivity index (χ2n) is 6.97. The monoisotopic (exact) mass is 341 g/mol. The van der Waals surface area contributed by atoms with Gasteiger partial charge in [0.2, 0.25) is 0 Å². The number of hydrogen-bond donors (Lipinski definition) is 1. The van der Waals surface area contributed by atoms with Crippen molar-refractivity contribution >= 4 is 5.97 Å². The molecule has 0 rings (SSSR count). The Kier molecular flexibility index (Phi) is 12.7. The Morgan fingerprint density at radius 3 is 1.96 bits per heavy atom. The predicted octanol–water partition coefficient (Wildman–Crippen LogP) is 3.95. The number of allylic oxidation sites excluding steroid dienone is 1. The molecule has 0 amide bonds. The van der Waals surface area contributed by atoms with Crippen molar-refractivity contribution in [1.82, 2.24) is 0 Å². The molecule has 1 N–H and O–H groups in total. The molecular weight excluding hydrogens is 302 g/mol. The van der Waals surface area contributed by atoms with E-state index in [0.717, 1.165) is 64.5 Å². The fraction of sp³-hybridized carbons (Fsp3) is 0.850. The molecule has 0 aromatic carbocycles. The third-order valence-electron chi connectivity index (χ3n) is 4.90. The molecule has 1 unspecified atom stereocenters. The summed E-state index contributed by atoms with van der Waals surface area (Å²) in [5, 5.41) is 22.2. The zero-order chi connectivity index (χ0) is 18.4. The smallest absolute Gasteiger partial charge is 0.143 e. The standard InChI is InChI=1S/C20H39NO3/c1-5-9-12-13-14-18(22)17-21(15-10-6-2,16-11-7-3)19(8-4)20(23)24/h14,19H,5-13,15-17H2,1-4H3,(H-,22,23,24)/b18-14-. The fourth-order valence-corrected chi connectivity index (χ4v) is 3.47. The van der Waals surface area contributed by atoms with E-state index < -0.39 is 12.0 Å². The van der Waals surface area contributed by atoms with Gasteiger partial charge < -0.3 is 19.5 Å². The Morgan fingerprint density at radius 1 is 1.00 bits per heavy atom. The number of carbonyl (C=O) groups is 1. The maximum absolute atomic E-state index is 11.8. The zero-order valence-electron chi connectivity index (χ0n) is 16.4. The first kappa shape index (κ1) is 23.0. The fourth-order valence-electron chi connectivity index (χ4n) is 3.47. The summed E-state index contributed by atoms with van der Waals surface area (Å²) in [5.41, 5.74) is 0. The van der Waals surface area contributed by atoms with Crippen LogP contribution in [0.2, 0.25) is 0 Å². The highest BCUT2D eigenvalue weighted by atomic mass is 16.4. The van der Waals surface area contributed by atoms with E-state index in [9.17, 15) is 15.0 Å². The van der Waals surface area contributed by atoms with Gasteiger partial charge in [-0.2, -0.15) is 0 Å². The van der Waals surface area contributed by atoms with Crippen molar-refractivity contribution in [3.8, 4) is 0 Å². The quantitative estimate of drug-likeness (QED) is 0.279. The molecule has 0 saturated carbocycles. The number of carboxylic acid groups (broad SMARTS) is 1. The molecule has 0 aromatic rings. The largest absolute Gasteiger partial charge is 0.544 e. The van der Waals surface area contributed by atoms with Crippen molar-refractivity contribution in [2.75, 3.05) is 19.6 Å². The van der Waals surface area contributed by atoms with Gasteiger partial charge in [0.25, 0.3) is 0 Å². The number of nitrogens with zero attached hydrogens (tertiary/aromatic N) is 1. The van der Waals surface area contributed by atoms with Crippen molar-refractivity contribution in [2.24, 2.45) is 0 Å². The number of aliphatic hydroxyl groups excluding tert-OH is 1. The lowest BCUT2D eigenvalue weighted by Gasteiger charge is -2.45. The Morgan fingerprint density at radius 2 is 1.54 bits per heavy atom. The normalized spacial score (nSPS) is 13.9. The van der Waals surface area contributed by atoms with Crippen LogP contribution in [0.1, 0.15) is 85.5 Å². The maximum Gasteiger partial charge on any atom is 0.143 e. The molecule has 142 valence electrons. The lowest BCUT2D eigenvalue weighted by Crippen LogP contribution is -2.63. The number of carbonyl (C=O) groups excluding carboxylic acids is 1. The summed E-state index contributed by atoms with van der Waals surface area (Å²) in [4.78, 5) is 11.8. The maximum atomic E-state index is 11.8. The summed E-state index contributed by atoms with van der Waals surface area (Å²) >= 11 is 0. The van der Waals surface area contributed by atoms with Gasteiger partial charge in [0.15, 0.2) is 0 Å². The minimum atomic E-state index is -0.983. The lowest BCUT2D eigenvalue weighted by atomic mass is 10.0. The average Bonchev–Trinajstić information content (AvgIpc) is 2.55. The molecular formula is C20H39NO3. The molecule has 0 heterocycles. The molecule has 24 heavy (non-hydrogen) atoms. The SMILES string of the molecule is CCCCC/C=C(\O)C[N+](CCCC)(CCCC)C(CC)C(=O)[O-]. The predicted molar refractivity (Wildman–Crippen MR) is 98.6 cm³/mol. The van der Waals surface area contributed by atoms with Gasteiger partial charge in [-0.25, -0.2) is 0 Å². The molecule has 0 bridgehead atoms. The van der Waals surface area contributed by atoms with Crippen LogP contribution in [-0.2, 0) is 4.79 Å². The minimum absolute atomic E-state index is 0.345. The molecule has 0 aliphatic heterocycles. The van der Waals surface area contributed by atoms with Crippen LogP contribution in [0, 0.1) is 0 Å². The first-order chi connectivity index (χ1) is 11.5. The van der Waals surface area contributed by atoms with Crippen molar-refractivity contribution in [3.05, 3.63) is 11.8 Å². The van der Waals surface area contributed by atoms with E-state index in [1.807, 2.05) is 13.0 Å². The van der Waals surface area contributed by atoms with Gasteiger partial charge in [0.1, 0.15) is 18.3 Å². The van der Waals surface area contributed by atoms with Crippen LogP contribution in [0.5, 0.6) is 0 Å². The van der Waals surface area contributed by atoms with E-state index >= 15 is 0 Å². The van der Waals surface area contributed by atoms with Gasteiger partial charge in [-0.1, -0.05) is 53.4 Å². The highest BCUT2D eigenvalue weighted by Crippen LogP contribution is 2.23. The van der Waals surface area contributed by atoms with E-state index in [2.05, 4.69) is 20.8 Å². The molecule has 0 saturated heterocycles. The highest BCUT2D eigenvalue weighted by molar-refractivity contribution is 5.69. The molecule has 0 aromatic heterocycles. The molecule has 1 atom stereocenters. The topological polar surface area (TPSA) is 60.4 Å². The van der Waals surface area contributed by atoms with E-state index in [0.29, 0.717) is 23.2 Å². The third kappa shape index (κ3) is 8.18. The Hall–Kier alpha value is -1.03. The second kappa shape index (κ2) is 13.3. The summed E-state index contributed by atoms with van der Waals surface area (Å²) < 4.78 is 0.427. The summed E-state index contributed by atoms with van der Waals surface area (Å²) in [6.45, 7) is 10.3. The number of aliphatic carboxylic acids is 1. The average molecular weight is 342 g/mol. The molecule has 4 nitrogen and oxygen atoms in total. The number of hydrogen-bond acceptors (Lipinski definition) is 3. The van der Waals surface area contributed by atoms with E-state index in [1.165, 1.54) is 0 Å². The van der Waals surface area contributed by atoms with E-state index in [1.54, 1.807) is 0 Å². The van der Waals surface area contributed by atoms with E-state index in [4.69, 9.17) is 0 Å². The van der Waals surface area contributed by atoms with Crippen LogP contribution in [0.4, 0.5) is 0 Å². The molecule has 0 aliphatic rings. The summed E-state index contributed by atoms with van der Waals surface area (Å²) in [6, 6.07) is -0.547. The van der Waals surface area contributed by atoms with Gasteiger partial charge >= 0.3 is 0 Å². The van der Waals surface area contributed by atoms with Crippen LogP contribution in [0.25, 0.3) is 0 Å². The minimum Gasteiger partial charge on any atom is -0.544 e. The Balaban J connectivity index is 5.32. The van der Waals surface area contributed by atoms with Gasteiger partial charge in [-0.3, -0.25) is 0 Å². The highest BCUT2D eigenvalue weighted by Gasteiger charge is 2.36. The van der Waals surface area contributed by atoms with Crippen molar-refractivity contribution in [1.29, 1.82) is 0 Å². The van der Waals surface area contributed by atoms with Gasteiger partial charge in [-0.15, -0.1) is 0 Å². The number of aliphatic hydroxyl groups is 1. The summed E-state index contributed by atoms with van der Waals surface area (Å²) in [6.07, 6.45) is 10.7. The Bertz CT molecular complexity index is 358.